The molecular weight excluding hydrogens is 207 g/mol. The first-order chi connectivity index (χ1) is 6.93. The molecule has 0 aliphatic heterocycles. The minimum Gasteiger partial charge on any atom is -0.508 e. The van der Waals surface area contributed by atoms with E-state index in [9.17, 15) is 14.3 Å². The monoisotopic (exact) mass is 216 g/mol. The molecule has 1 aromatic rings. The van der Waals surface area contributed by atoms with Gasteiger partial charge in [0.25, 0.3) is 0 Å². The molecule has 1 aromatic carbocycles. The summed E-state index contributed by atoms with van der Waals surface area (Å²) < 4.78 is 13.1. The maximum atomic E-state index is 13.1. The predicted octanol–water partition coefficient (Wildman–Crippen LogP) is 0.0102. The van der Waals surface area contributed by atoms with Crippen LogP contribution in [0.1, 0.15) is 11.7 Å². The lowest BCUT2D eigenvalue weighted by molar-refractivity contribution is -0.153. The van der Waals surface area contributed by atoms with E-state index in [1.807, 2.05) is 0 Å². The van der Waals surface area contributed by atoms with E-state index in [0.29, 0.717) is 6.07 Å². The molecule has 4 N–H and O–H groups in total. The molecule has 0 saturated heterocycles. The molecule has 2 atom stereocenters. The molecule has 82 valence electrons. The fourth-order valence-corrected chi connectivity index (χ4v) is 1.06. The Morgan fingerprint density at radius 2 is 1.93 bits per heavy atom. The maximum Gasteiger partial charge on any atom is 0.335 e. The molecule has 0 bridgehead atoms. The maximum absolute atomic E-state index is 13.1. The van der Waals surface area contributed by atoms with Gasteiger partial charge in [-0.1, -0.05) is 0 Å². The van der Waals surface area contributed by atoms with Gasteiger partial charge in [0.15, 0.2) is 6.10 Å². The zero-order valence-corrected chi connectivity index (χ0v) is 7.46. The quantitative estimate of drug-likeness (QED) is 0.570. The van der Waals surface area contributed by atoms with Crippen LogP contribution in [0.4, 0.5) is 4.39 Å². The number of aromatic hydroxyl groups is 1. The molecule has 15 heavy (non-hydrogen) atoms. The normalized spacial score (nSPS) is 14.6. The highest BCUT2D eigenvalue weighted by Gasteiger charge is 2.27. The molecule has 1 rings (SSSR count). The Kier molecular flexibility index (Phi) is 3.23. The van der Waals surface area contributed by atoms with Crippen LogP contribution in [0.3, 0.4) is 0 Å². The number of phenolic OH excluding ortho intramolecular Hbond substituents is 1. The molecule has 0 aliphatic carbocycles. The topological polar surface area (TPSA) is 98.0 Å². The summed E-state index contributed by atoms with van der Waals surface area (Å²) in [5, 5.41) is 35.5. The second-order valence-electron chi connectivity index (χ2n) is 2.93. The Morgan fingerprint density at radius 1 is 1.33 bits per heavy atom. The third-order valence-corrected chi connectivity index (χ3v) is 1.85. The van der Waals surface area contributed by atoms with Crippen molar-refractivity contribution in [2.24, 2.45) is 0 Å². The minimum absolute atomic E-state index is 0.353. The molecular formula is C9H9FO5. The van der Waals surface area contributed by atoms with Crippen molar-refractivity contribution < 1.29 is 29.6 Å². The standard InChI is InChI=1S/C9H9FO5/c10-6-3-4(11)1-2-5(6)7(12)8(13)9(14)15/h1-3,7-8,11-13H,(H,14,15). The summed E-state index contributed by atoms with van der Waals surface area (Å²) in [6, 6.07) is 2.80. The average Bonchev–Trinajstić information content (AvgIpc) is 2.15. The molecule has 0 saturated carbocycles. The lowest BCUT2D eigenvalue weighted by Crippen LogP contribution is -2.28. The van der Waals surface area contributed by atoms with Gasteiger partial charge in [0.05, 0.1) is 0 Å². The SMILES string of the molecule is O=C(O)C(O)C(O)c1ccc(O)cc1F. The van der Waals surface area contributed by atoms with E-state index in [2.05, 4.69) is 0 Å². The molecule has 0 spiro atoms. The first-order valence-corrected chi connectivity index (χ1v) is 4.01. The molecule has 0 aliphatic rings. The molecule has 0 fully saturated rings. The van der Waals surface area contributed by atoms with E-state index in [1.54, 1.807) is 0 Å². The number of aliphatic hydroxyl groups is 2. The Labute approximate surface area is 84.0 Å². The number of carboxylic acid groups (broad SMARTS) is 1. The largest absolute Gasteiger partial charge is 0.508 e. The highest BCUT2D eigenvalue weighted by molar-refractivity contribution is 5.73. The van der Waals surface area contributed by atoms with Crippen LogP contribution in [-0.2, 0) is 4.79 Å². The minimum atomic E-state index is -2.11. The summed E-state index contributed by atoms with van der Waals surface area (Å²) in [6.07, 6.45) is -3.98. The van der Waals surface area contributed by atoms with Gasteiger partial charge < -0.3 is 20.4 Å². The van der Waals surface area contributed by atoms with Crippen molar-refractivity contribution in [1.29, 1.82) is 0 Å². The molecule has 2 unspecified atom stereocenters. The Morgan fingerprint density at radius 3 is 2.40 bits per heavy atom. The van der Waals surface area contributed by atoms with Crippen molar-refractivity contribution >= 4 is 5.97 Å². The van der Waals surface area contributed by atoms with Gasteiger partial charge in [-0.05, 0) is 12.1 Å². The number of halogens is 1. The van der Waals surface area contributed by atoms with E-state index >= 15 is 0 Å². The highest BCUT2D eigenvalue weighted by Crippen LogP contribution is 2.23. The van der Waals surface area contributed by atoms with Crippen molar-refractivity contribution in [2.45, 2.75) is 12.2 Å². The van der Waals surface area contributed by atoms with Crippen molar-refractivity contribution in [2.75, 3.05) is 0 Å². The summed E-state index contributed by atoms with van der Waals surface area (Å²) in [4.78, 5) is 10.3. The van der Waals surface area contributed by atoms with E-state index in [-0.39, 0.29) is 11.3 Å². The van der Waals surface area contributed by atoms with Gasteiger partial charge in [0.1, 0.15) is 17.7 Å². The Bertz CT molecular complexity index is 379. The third kappa shape index (κ3) is 2.42. The van der Waals surface area contributed by atoms with Crippen LogP contribution in [0.2, 0.25) is 0 Å². The van der Waals surface area contributed by atoms with Crippen LogP contribution in [0.15, 0.2) is 18.2 Å². The number of carbonyl (C=O) groups is 1. The van der Waals surface area contributed by atoms with E-state index in [1.165, 1.54) is 0 Å². The van der Waals surface area contributed by atoms with Crippen molar-refractivity contribution in [3.8, 4) is 5.75 Å². The number of carboxylic acids is 1. The zero-order chi connectivity index (χ0) is 11.6. The number of aliphatic hydroxyl groups excluding tert-OH is 2. The lowest BCUT2D eigenvalue weighted by atomic mass is 10.0. The fourth-order valence-electron chi connectivity index (χ4n) is 1.06. The Hall–Kier alpha value is -1.66. The van der Waals surface area contributed by atoms with Crippen LogP contribution in [0, 0.1) is 5.82 Å². The molecule has 5 nitrogen and oxygen atoms in total. The molecule has 0 heterocycles. The average molecular weight is 216 g/mol. The number of aliphatic carboxylic acids is 1. The summed E-state index contributed by atoms with van der Waals surface area (Å²) in [5.41, 5.74) is -0.386. The number of hydrogen-bond donors (Lipinski definition) is 4. The first kappa shape index (κ1) is 11.4. The highest BCUT2D eigenvalue weighted by atomic mass is 19.1. The number of benzene rings is 1. The second-order valence-corrected chi connectivity index (χ2v) is 2.93. The summed E-state index contributed by atoms with van der Waals surface area (Å²) >= 11 is 0. The third-order valence-electron chi connectivity index (χ3n) is 1.85. The number of rotatable bonds is 3. The molecule has 6 heteroatoms. The van der Waals surface area contributed by atoms with Crippen molar-refractivity contribution in [3.05, 3.63) is 29.6 Å². The number of phenols is 1. The van der Waals surface area contributed by atoms with E-state index in [0.717, 1.165) is 12.1 Å². The van der Waals surface area contributed by atoms with Gasteiger partial charge >= 0.3 is 5.97 Å². The summed E-state index contributed by atoms with van der Waals surface area (Å²) in [7, 11) is 0. The zero-order valence-electron chi connectivity index (χ0n) is 7.46. The van der Waals surface area contributed by atoms with Crippen LogP contribution in [0.25, 0.3) is 0 Å². The smallest absolute Gasteiger partial charge is 0.335 e. The van der Waals surface area contributed by atoms with Crippen LogP contribution >= 0.6 is 0 Å². The Balaban J connectivity index is 3.01. The van der Waals surface area contributed by atoms with E-state index in [4.69, 9.17) is 15.3 Å². The summed E-state index contributed by atoms with van der Waals surface area (Å²) in [5.74, 6) is -2.99. The van der Waals surface area contributed by atoms with Crippen LogP contribution < -0.4 is 0 Å². The molecule has 0 aromatic heterocycles. The fraction of sp³-hybridized carbons (Fsp3) is 0.222. The van der Waals surface area contributed by atoms with Crippen molar-refractivity contribution in [1.82, 2.24) is 0 Å². The van der Waals surface area contributed by atoms with Gasteiger partial charge in [-0.2, -0.15) is 0 Å². The predicted molar refractivity (Wildman–Crippen MR) is 46.7 cm³/mol. The lowest BCUT2D eigenvalue weighted by Gasteiger charge is -2.14. The molecule has 0 amide bonds. The van der Waals surface area contributed by atoms with Gasteiger partial charge in [-0.15, -0.1) is 0 Å². The van der Waals surface area contributed by atoms with Crippen LogP contribution in [0.5, 0.6) is 5.75 Å². The van der Waals surface area contributed by atoms with Crippen molar-refractivity contribution in [3.63, 3.8) is 0 Å². The molecule has 0 radical (unpaired) electrons. The summed E-state index contributed by atoms with van der Waals surface area (Å²) in [6.45, 7) is 0. The van der Waals surface area contributed by atoms with Gasteiger partial charge in [-0.3, -0.25) is 0 Å². The second kappa shape index (κ2) is 4.24. The number of hydrogen-bond acceptors (Lipinski definition) is 4. The first-order valence-electron chi connectivity index (χ1n) is 4.01. The van der Waals surface area contributed by atoms with E-state index < -0.39 is 24.0 Å². The van der Waals surface area contributed by atoms with Gasteiger partial charge in [0, 0.05) is 11.6 Å². The van der Waals surface area contributed by atoms with Crippen LogP contribution in [-0.4, -0.2) is 32.5 Å². The van der Waals surface area contributed by atoms with Gasteiger partial charge in [-0.25, -0.2) is 9.18 Å². The van der Waals surface area contributed by atoms with Gasteiger partial charge in [0.2, 0.25) is 0 Å².